The third-order valence-electron chi connectivity index (χ3n) is 7.05. The molecular formula is C20H29NO3. The van der Waals surface area contributed by atoms with Gasteiger partial charge in [0.1, 0.15) is 0 Å². The van der Waals surface area contributed by atoms with Crippen LogP contribution in [-0.4, -0.2) is 50.0 Å². The van der Waals surface area contributed by atoms with Gasteiger partial charge < -0.3 is 19.5 Å². The summed E-state index contributed by atoms with van der Waals surface area (Å²) in [5.74, 6) is 2.56. The number of hydrogen-bond donors (Lipinski definition) is 1. The van der Waals surface area contributed by atoms with Crippen LogP contribution in [0.5, 0.6) is 11.5 Å². The molecule has 1 aliphatic heterocycles. The molecule has 5 rings (SSSR count). The van der Waals surface area contributed by atoms with Crippen LogP contribution in [0.1, 0.15) is 37.7 Å². The molecule has 4 heteroatoms. The highest BCUT2D eigenvalue weighted by Gasteiger charge is 2.60. The van der Waals surface area contributed by atoms with E-state index in [0.29, 0.717) is 17.9 Å². The Labute approximate surface area is 144 Å². The summed E-state index contributed by atoms with van der Waals surface area (Å²) in [6.45, 7) is 1.11. The monoisotopic (exact) mass is 331 g/mol. The van der Waals surface area contributed by atoms with Crippen molar-refractivity contribution in [2.45, 2.75) is 49.7 Å². The molecule has 1 saturated heterocycles. The Morgan fingerprint density at radius 3 is 2.71 bits per heavy atom. The molecule has 4 aliphatic rings. The van der Waals surface area contributed by atoms with E-state index in [1.54, 1.807) is 14.2 Å². The molecule has 0 unspecified atom stereocenters. The van der Waals surface area contributed by atoms with Gasteiger partial charge in [0.05, 0.1) is 20.3 Å². The second kappa shape index (κ2) is 5.92. The van der Waals surface area contributed by atoms with Gasteiger partial charge in [-0.15, -0.1) is 0 Å². The predicted molar refractivity (Wildman–Crippen MR) is 93.7 cm³/mol. The Kier molecular flexibility index (Phi) is 4.00. The SMILES string of the molecule is COc1ccc([C@]23CCN(C)[C@H]2[C@@H]2CCC[C@H]3C[C@H]2O)cc1OC. The van der Waals surface area contributed by atoms with Crippen molar-refractivity contribution < 1.29 is 14.6 Å². The van der Waals surface area contributed by atoms with E-state index < -0.39 is 0 Å². The molecule has 5 atom stereocenters. The maximum atomic E-state index is 10.7. The topological polar surface area (TPSA) is 41.9 Å². The number of likely N-dealkylation sites (tertiary alicyclic amines) is 1. The van der Waals surface area contributed by atoms with Crippen LogP contribution in [-0.2, 0) is 5.41 Å². The zero-order valence-corrected chi connectivity index (χ0v) is 15.0. The molecule has 0 aromatic heterocycles. The fourth-order valence-corrected chi connectivity index (χ4v) is 6.09. The number of rotatable bonds is 3. The summed E-state index contributed by atoms with van der Waals surface area (Å²) in [5.41, 5.74) is 1.52. The summed E-state index contributed by atoms with van der Waals surface area (Å²) in [6.07, 6.45) is 5.61. The third kappa shape index (κ3) is 2.12. The van der Waals surface area contributed by atoms with Crippen LogP contribution >= 0.6 is 0 Å². The van der Waals surface area contributed by atoms with E-state index in [1.165, 1.54) is 24.8 Å². The van der Waals surface area contributed by atoms with Gasteiger partial charge in [-0.3, -0.25) is 0 Å². The van der Waals surface area contributed by atoms with Gasteiger partial charge in [-0.1, -0.05) is 12.5 Å². The molecule has 0 radical (unpaired) electrons. The molecule has 0 spiro atoms. The molecule has 4 fully saturated rings. The van der Waals surface area contributed by atoms with Gasteiger partial charge in [-0.05, 0) is 62.9 Å². The van der Waals surface area contributed by atoms with E-state index in [0.717, 1.165) is 30.9 Å². The first kappa shape index (κ1) is 16.2. The number of likely N-dealkylation sites (N-methyl/N-ethyl adjacent to an activating group) is 1. The number of hydrogen-bond acceptors (Lipinski definition) is 4. The predicted octanol–water partition coefficient (Wildman–Crippen LogP) is 2.83. The number of ether oxygens (including phenoxy) is 2. The number of benzene rings is 1. The molecule has 4 nitrogen and oxygen atoms in total. The molecule has 3 aliphatic carbocycles. The third-order valence-corrected chi connectivity index (χ3v) is 7.05. The van der Waals surface area contributed by atoms with Crippen molar-refractivity contribution in [3.63, 3.8) is 0 Å². The van der Waals surface area contributed by atoms with Gasteiger partial charge in [-0.25, -0.2) is 0 Å². The summed E-state index contributed by atoms with van der Waals surface area (Å²) in [4.78, 5) is 2.50. The minimum Gasteiger partial charge on any atom is -0.493 e. The summed E-state index contributed by atoms with van der Waals surface area (Å²) in [7, 11) is 5.63. The van der Waals surface area contributed by atoms with Gasteiger partial charge in [0.25, 0.3) is 0 Å². The van der Waals surface area contributed by atoms with Crippen molar-refractivity contribution in [2.24, 2.45) is 11.8 Å². The van der Waals surface area contributed by atoms with Gasteiger partial charge in [0.15, 0.2) is 11.5 Å². The van der Waals surface area contributed by atoms with Crippen LogP contribution in [0, 0.1) is 11.8 Å². The molecule has 132 valence electrons. The van der Waals surface area contributed by atoms with E-state index in [2.05, 4.69) is 24.1 Å². The van der Waals surface area contributed by atoms with E-state index in [9.17, 15) is 5.11 Å². The minimum absolute atomic E-state index is 0.142. The minimum atomic E-state index is -0.142. The molecule has 3 saturated carbocycles. The van der Waals surface area contributed by atoms with Gasteiger partial charge in [0, 0.05) is 17.4 Å². The van der Waals surface area contributed by atoms with E-state index in [4.69, 9.17) is 9.47 Å². The fraction of sp³-hybridized carbons (Fsp3) is 0.700. The number of nitrogens with zero attached hydrogens (tertiary/aromatic N) is 1. The quantitative estimate of drug-likeness (QED) is 0.925. The lowest BCUT2D eigenvalue weighted by atomic mass is 9.57. The smallest absolute Gasteiger partial charge is 0.161 e. The van der Waals surface area contributed by atoms with E-state index >= 15 is 0 Å². The molecular weight excluding hydrogens is 302 g/mol. The average molecular weight is 331 g/mol. The van der Waals surface area contributed by atoms with Crippen LogP contribution in [0.3, 0.4) is 0 Å². The zero-order chi connectivity index (χ0) is 16.9. The molecule has 2 bridgehead atoms. The molecule has 1 heterocycles. The summed E-state index contributed by atoms with van der Waals surface area (Å²) < 4.78 is 11.0. The first-order valence-electron chi connectivity index (χ1n) is 9.22. The van der Waals surface area contributed by atoms with Crippen molar-refractivity contribution in [1.29, 1.82) is 0 Å². The average Bonchev–Trinajstić information content (AvgIpc) is 2.75. The van der Waals surface area contributed by atoms with Crippen molar-refractivity contribution in [2.75, 3.05) is 27.8 Å². The second-order valence-corrected chi connectivity index (χ2v) is 7.88. The second-order valence-electron chi connectivity index (χ2n) is 7.88. The standard InChI is InChI=1S/C20H29NO3/c1-21-10-9-20(14-7-8-17(23-2)18(12-14)24-3)13-5-4-6-15(19(20)21)16(22)11-13/h7-8,12-13,15-16,19,22H,4-6,9-11H2,1-3H3/t13-,15+,16+,19-,20+/m0/s1. The molecule has 24 heavy (non-hydrogen) atoms. The highest BCUT2D eigenvalue weighted by atomic mass is 16.5. The molecule has 1 aromatic rings. The molecule has 1 N–H and O–H groups in total. The Hall–Kier alpha value is -1.26. The van der Waals surface area contributed by atoms with Gasteiger partial charge in [-0.2, -0.15) is 0 Å². The van der Waals surface area contributed by atoms with Crippen LogP contribution in [0.4, 0.5) is 0 Å². The highest BCUT2D eigenvalue weighted by molar-refractivity contribution is 5.47. The molecule has 1 aromatic carbocycles. The van der Waals surface area contributed by atoms with Crippen LogP contribution in [0.15, 0.2) is 18.2 Å². The van der Waals surface area contributed by atoms with Crippen LogP contribution in [0.2, 0.25) is 0 Å². The fourth-order valence-electron chi connectivity index (χ4n) is 6.09. The van der Waals surface area contributed by atoms with Crippen molar-refractivity contribution in [3.05, 3.63) is 23.8 Å². The summed E-state index contributed by atoms with van der Waals surface area (Å²) in [6, 6.07) is 6.92. The first-order chi connectivity index (χ1) is 11.6. The van der Waals surface area contributed by atoms with Crippen LogP contribution < -0.4 is 9.47 Å². The number of aliphatic hydroxyl groups is 1. The van der Waals surface area contributed by atoms with Crippen molar-refractivity contribution in [3.8, 4) is 11.5 Å². The Bertz CT molecular complexity index is 619. The van der Waals surface area contributed by atoms with Crippen molar-refractivity contribution >= 4 is 0 Å². The van der Waals surface area contributed by atoms with Gasteiger partial charge >= 0.3 is 0 Å². The van der Waals surface area contributed by atoms with Gasteiger partial charge in [0.2, 0.25) is 0 Å². The number of methoxy groups -OCH3 is 2. The zero-order valence-electron chi connectivity index (χ0n) is 15.0. The molecule has 0 amide bonds. The maximum Gasteiger partial charge on any atom is 0.161 e. The van der Waals surface area contributed by atoms with E-state index in [-0.39, 0.29) is 11.5 Å². The van der Waals surface area contributed by atoms with Crippen molar-refractivity contribution in [1.82, 2.24) is 4.90 Å². The Morgan fingerprint density at radius 2 is 1.96 bits per heavy atom. The van der Waals surface area contributed by atoms with E-state index in [1.807, 2.05) is 6.07 Å². The lowest BCUT2D eigenvalue weighted by Gasteiger charge is -2.51. The summed E-state index contributed by atoms with van der Waals surface area (Å²) in [5, 5.41) is 10.7. The Balaban J connectivity index is 1.85. The summed E-state index contributed by atoms with van der Waals surface area (Å²) >= 11 is 0. The highest BCUT2D eigenvalue weighted by Crippen LogP contribution is 2.58. The number of aliphatic hydroxyl groups excluding tert-OH is 1. The largest absolute Gasteiger partial charge is 0.493 e. The number of fused-ring (bicyclic) bond motifs is 3. The maximum absolute atomic E-state index is 10.7. The first-order valence-corrected chi connectivity index (χ1v) is 9.22. The lowest BCUT2D eigenvalue weighted by molar-refractivity contribution is -0.0265. The normalized spacial score (nSPS) is 38.7. The Morgan fingerprint density at radius 1 is 1.17 bits per heavy atom. The lowest BCUT2D eigenvalue weighted by Crippen LogP contribution is -2.56. The van der Waals surface area contributed by atoms with Crippen LogP contribution in [0.25, 0.3) is 0 Å².